The Bertz CT molecular complexity index is 2230. The third-order valence-electron chi connectivity index (χ3n) is 9.12. The van der Waals surface area contributed by atoms with E-state index >= 15 is 0 Å². The van der Waals surface area contributed by atoms with Crippen molar-refractivity contribution in [2.45, 2.75) is 53.8 Å². The lowest BCUT2D eigenvalue weighted by Crippen LogP contribution is -2.40. The number of nitrogens with zero attached hydrogens (tertiary/aromatic N) is 8. The van der Waals surface area contributed by atoms with Crippen LogP contribution in [0, 0.1) is 0 Å². The van der Waals surface area contributed by atoms with E-state index < -0.39 is 11.2 Å². The van der Waals surface area contributed by atoms with Gasteiger partial charge < -0.3 is 51.6 Å². The van der Waals surface area contributed by atoms with Crippen molar-refractivity contribution < 1.29 is 24.5 Å². The number of urea groups is 1. The first-order valence-electron chi connectivity index (χ1n) is 19.3. The molecule has 324 valence electrons. The molecule has 6 heterocycles. The van der Waals surface area contributed by atoms with E-state index in [-0.39, 0.29) is 27.4 Å². The summed E-state index contributed by atoms with van der Waals surface area (Å²) in [7, 11) is 0. The van der Waals surface area contributed by atoms with Crippen LogP contribution in [0.1, 0.15) is 42.5 Å². The summed E-state index contributed by atoms with van der Waals surface area (Å²) in [6, 6.07) is 22.6. The number of hydrogen-bond acceptors (Lipinski definition) is 13. The number of ether oxygens (including phenoxy) is 2. The Morgan fingerprint density at radius 3 is 1.52 bits per heavy atom. The van der Waals surface area contributed by atoms with Gasteiger partial charge in [-0.2, -0.15) is 0 Å². The van der Waals surface area contributed by atoms with Crippen molar-refractivity contribution in [2.75, 3.05) is 86.5 Å². The average Bonchev–Trinajstić information content (AvgIpc) is 3.91. The minimum atomic E-state index is -0.964. The molecule has 17 heteroatoms. The number of hydrogen-bond donors (Lipinski definition) is 6. The van der Waals surface area contributed by atoms with Crippen molar-refractivity contribution >= 4 is 40.1 Å². The van der Waals surface area contributed by atoms with Crippen molar-refractivity contribution in [2.24, 2.45) is 5.73 Å². The number of benzene rings is 2. The summed E-state index contributed by atoms with van der Waals surface area (Å²) in [6.07, 6.45) is 3.86. The maximum absolute atomic E-state index is 12.0. The van der Waals surface area contributed by atoms with Crippen LogP contribution in [0.15, 0.2) is 85.2 Å². The van der Waals surface area contributed by atoms with Gasteiger partial charge in [-0.15, -0.1) is 10.2 Å². The van der Waals surface area contributed by atoms with Gasteiger partial charge in [0.2, 0.25) is 0 Å². The van der Waals surface area contributed by atoms with Gasteiger partial charge >= 0.3 is 6.03 Å². The quantitative estimate of drug-likeness (QED) is 0.112. The number of aliphatic hydroxyl groups is 2. The summed E-state index contributed by atoms with van der Waals surface area (Å²) < 4.78 is 14.6. The zero-order valence-corrected chi connectivity index (χ0v) is 33.5. The highest BCUT2D eigenvalue weighted by Crippen LogP contribution is 2.27. The van der Waals surface area contributed by atoms with Crippen LogP contribution in [-0.4, -0.2) is 122 Å². The molecule has 2 aliphatic rings. The fraction of sp³-hybridized carbons (Fsp3) is 0.419. The Kier molecular flexibility index (Phi) is 16.3. The molecule has 60 heavy (non-hydrogen) atoms. The molecule has 2 saturated heterocycles. The summed E-state index contributed by atoms with van der Waals surface area (Å²) in [5.74, 6) is 3.15. The number of carbonyl (C=O) groups excluding carboxylic acids is 1. The van der Waals surface area contributed by atoms with E-state index in [1.54, 1.807) is 39.8 Å². The van der Waals surface area contributed by atoms with Crippen molar-refractivity contribution in [1.82, 2.24) is 34.5 Å². The van der Waals surface area contributed by atoms with E-state index in [9.17, 15) is 9.90 Å². The number of carbonyl (C=O) groups is 1. The highest BCUT2D eigenvalue weighted by molar-refractivity contribution is 5.89. The highest BCUT2D eigenvalue weighted by Gasteiger charge is 2.20. The summed E-state index contributed by atoms with van der Waals surface area (Å²) in [4.78, 5) is 26.1. The molecule has 2 aromatic carbocycles. The zero-order valence-electron chi connectivity index (χ0n) is 33.5. The van der Waals surface area contributed by atoms with Crippen LogP contribution in [0.5, 0.6) is 0 Å². The van der Waals surface area contributed by atoms with Gasteiger partial charge in [0.25, 0.3) is 0 Å². The minimum Gasteiger partial charge on any atom is -0.399 e. The van der Waals surface area contributed by atoms with Gasteiger partial charge in [0, 0.05) is 74.2 Å². The number of anilines is 4. The topological polar surface area (TPSA) is 219 Å². The molecule has 0 spiro atoms. The van der Waals surface area contributed by atoms with Crippen LogP contribution >= 0.6 is 0 Å². The number of morpholine rings is 2. The smallest absolute Gasteiger partial charge is 0.319 e. The third-order valence-corrected chi connectivity index (χ3v) is 9.12. The second-order valence-electron chi connectivity index (χ2n) is 15.2. The lowest BCUT2D eigenvalue weighted by atomic mass is 10.1. The summed E-state index contributed by atoms with van der Waals surface area (Å²) in [5.41, 5.74) is 14.3. The lowest BCUT2D eigenvalue weighted by Gasteiger charge is -2.28. The molecule has 2 fully saturated rings. The Labute approximate surface area is 352 Å². The Balaban J connectivity index is 0.000000233. The van der Waals surface area contributed by atoms with Gasteiger partial charge in [-0.05, 0) is 100 Å². The van der Waals surface area contributed by atoms with Crippen molar-refractivity contribution in [3.05, 3.63) is 85.2 Å². The average molecular weight is 827 g/mol. The van der Waals surface area contributed by atoms with Crippen LogP contribution in [0.4, 0.5) is 27.8 Å². The van der Waals surface area contributed by atoms with E-state index in [0.717, 1.165) is 78.9 Å². The number of rotatable bonds is 8. The molecule has 0 aliphatic carbocycles. The van der Waals surface area contributed by atoms with Gasteiger partial charge in [-0.3, -0.25) is 0 Å². The molecule has 0 radical (unpaired) electrons. The number of nitrogens with two attached hydrogens (primary N) is 2. The van der Waals surface area contributed by atoms with Crippen molar-refractivity contribution in [1.29, 1.82) is 0 Å². The first-order valence-corrected chi connectivity index (χ1v) is 19.3. The second kappa shape index (κ2) is 20.9. The minimum absolute atomic E-state index is 0. The molecule has 8 rings (SSSR count). The molecule has 0 bridgehead atoms. The van der Waals surface area contributed by atoms with Crippen LogP contribution in [0.25, 0.3) is 33.8 Å². The van der Waals surface area contributed by atoms with Crippen LogP contribution in [-0.2, 0) is 9.47 Å². The Morgan fingerprint density at radius 1 is 0.700 bits per heavy atom. The normalized spacial score (nSPS) is 14.2. The number of amides is 2. The van der Waals surface area contributed by atoms with Crippen molar-refractivity contribution in [3.63, 3.8) is 0 Å². The largest absolute Gasteiger partial charge is 0.399 e. The molecule has 0 saturated carbocycles. The van der Waals surface area contributed by atoms with E-state index in [4.69, 9.17) is 36.0 Å². The van der Waals surface area contributed by atoms with Gasteiger partial charge in [-0.25, -0.2) is 23.8 Å². The van der Waals surface area contributed by atoms with E-state index in [0.29, 0.717) is 37.1 Å². The molecule has 4 aromatic heterocycles. The number of nitrogen functional groups attached to an aromatic ring is 1. The SMILES string of the molecule is C.C.CC(C)(O)CN.CC(C)(O)CNC(=O)Nc1ccc(-c2nc(N3CCOCC3)c3cccn3n2)cc1.Nc1ccc(-c2nc(N3CCOCC3)c3cccn3n2)cc1. The molecule has 0 atom stereocenters. The van der Waals surface area contributed by atoms with Crippen LogP contribution in [0.2, 0.25) is 0 Å². The maximum atomic E-state index is 12.0. The predicted molar refractivity (Wildman–Crippen MR) is 239 cm³/mol. The molecule has 17 nitrogen and oxygen atoms in total. The second-order valence-corrected chi connectivity index (χ2v) is 15.2. The number of fused-ring (bicyclic) bond motifs is 2. The number of aromatic nitrogens is 6. The van der Waals surface area contributed by atoms with E-state index in [2.05, 4.69) is 30.6 Å². The molecule has 8 N–H and O–H groups in total. The van der Waals surface area contributed by atoms with Crippen molar-refractivity contribution in [3.8, 4) is 22.8 Å². The maximum Gasteiger partial charge on any atom is 0.319 e. The van der Waals surface area contributed by atoms with Gasteiger partial charge in [0.15, 0.2) is 23.3 Å². The number of nitrogens with one attached hydrogen (secondary N) is 2. The summed E-state index contributed by atoms with van der Waals surface area (Å²) >= 11 is 0. The standard InChI is InChI=1S/C21H26N6O3.C16H17N5O.C4H11NO.2CH4/c1-21(2,29)14-22-20(28)23-16-7-5-15(6-8-16)18-24-19(26-10-12-30-13-11-26)17-4-3-9-27(17)25-18;17-13-5-3-12(4-6-13)15-18-16(20-8-10-22-11-9-20)14-2-1-7-21(14)19-15;1-4(2,6)3-5;;/h3-9,29H,10-14H2,1-2H3,(H2,22,23,28);1-7H,8-11,17H2;6H,3,5H2,1-2H3;2*1H4. The third kappa shape index (κ3) is 12.8. The van der Waals surface area contributed by atoms with Gasteiger partial charge in [0.1, 0.15) is 11.0 Å². The Morgan fingerprint density at radius 2 is 1.12 bits per heavy atom. The van der Waals surface area contributed by atoms with Gasteiger partial charge in [-0.1, -0.05) is 14.9 Å². The van der Waals surface area contributed by atoms with Crippen LogP contribution in [0.3, 0.4) is 0 Å². The Hall–Kier alpha value is -5.85. The van der Waals surface area contributed by atoms with E-state index in [1.807, 2.05) is 82.1 Å². The molecular formula is C43H62N12O5. The lowest BCUT2D eigenvalue weighted by molar-refractivity contribution is 0.0825. The molecule has 2 aliphatic heterocycles. The molecular weight excluding hydrogens is 765 g/mol. The predicted octanol–water partition coefficient (Wildman–Crippen LogP) is 4.93. The highest BCUT2D eigenvalue weighted by atomic mass is 16.5. The first kappa shape index (κ1) is 46.8. The van der Waals surface area contributed by atoms with Gasteiger partial charge in [0.05, 0.1) is 37.6 Å². The van der Waals surface area contributed by atoms with Crippen LogP contribution < -0.4 is 31.9 Å². The van der Waals surface area contributed by atoms with E-state index in [1.165, 1.54) is 0 Å². The fourth-order valence-electron chi connectivity index (χ4n) is 5.90. The fourth-order valence-corrected chi connectivity index (χ4v) is 5.90. The molecule has 6 aromatic rings. The molecule has 2 amide bonds. The summed E-state index contributed by atoms with van der Waals surface area (Å²) in [6.45, 7) is 13.2. The molecule has 0 unspecified atom stereocenters. The monoisotopic (exact) mass is 826 g/mol. The first-order chi connectivity index (χ1) is 27.8. The zero-order chi connectivity index (χ0) is 41.3. The summed E-state index contributed by atoms with van der Waals surface area (Å²) in [5, 5.41) is 33.0.